The second kappa shape index (κ2) is 6.86. The third kappa shape index (κ3) is 3.55. The van der Waals surface area contributed by atoms with Crippen molar-refractivity contribution in [1.29, 1.82) is 0 Å². The van der Waals surface area contributed by atoms with Gasteiger partial charge in [-0.25, -0.2) is 26.7 Å². The quantitative estimate of drug-likeness (QED) is 0.377. The van der Waals surface area contributed by atoms with Crippen molar-refractivity contribution < 1.29 is 31.5 Å². The molecule has 0 atom stereocenters. The lowest BCUT2D eigenvalue weighted by molar-refractivity contribution is 0.214. The monoisotopic (exact) mass is 349 g/mol. The van der Waals surface area contributed by atoms with Crippen LogP contribution in [0.25, 0.3) is 0 Å². The van der Waals surface area contributed by atoms with Gasteiger partial charge in [0.2, 0.25) is 5.82 Å². The lowest BCUT2D eigenvalue weighted by Gasteiger charge is -2.10. The van der Waals surface area contributed by atoms with Crippen molar-refractivity contribution in [3.8, 4) is 5.75 Å². The van der Waals surface area contributed by atoms with Gasteiger partial charge in [0.1, 0.15) is 11.4 Å². The van der Waals surface area contributed by atoms with Gasteiger partial charge in [-0.05, 0) is 30.5 Å². The first-order valence-electron chi connectivity index (χ1n) is 5.99. The highest BCUT2D eigenvalue weighted by molar-refractivity contribution is 7.98. The third-order valence-electron chi connectivity index (χ3n) is 2.71. The van der Waals surface area contributed by atoms with Crippen molar-refractivity contribution >= 4 is 23.5 Å². The Hall–Kier alpha value is -2.29. The van der Waals surface area contributed by atoms with Gasteiger partial charge < -0.3 is 4.74 Å². The van der Waals surface area contributed by atoms with E-state index in [4.69, 9.17) is 4.74 Å². The van der Waals surface area contributed by atoms with Crippen LogP contribution in [-0.4, -0.2) is 12.3 Å². The number of carbonyl (C=O) groups excluding carboxylic acids is 1. The Bertz CT molecular complexity index is 723. The number of hydrogen-bond acceptors (Lipinski definition) is 3. The molecule has 0 unspecified atom stereocenters. The molecule has 2 aromatic carbocycles. The molecule has 23 heavy (non-hydrogen) atoms. The van der Waals surface area contributed by atoms with Crippen molar-refractivity contribution in [2.24, 2.45) is 0 Å². The number of anilines is 1. The summed E-state index contributed by atoms with van der Waals surface area (Å²) in [4.78, 5) is 12.4. The lowest BCUT2D eigenvalue weighted by atomic mass is 10.2. The summed E-state index contributed by atoms with van der Waals surface area (Å²) in [5, 5.41) is 1.50. The molecule has 2 rings (SSSR count). The predicted molar refractivity (Wildman–Crippen MR) is 74.1 cm³/mol. The molecule has 0 bridgehead atoms. The van der Waals surface area contributed by atoms with Gasteiger partial charge in [-0.15, -0.1) is 11.8 Å². The Balaban J connectivity index is 2.20. The zero-order valence-corrected chi connectivity index (χ0v) is 12.2. The number of carbonyl (C=O) groups is 1. The molecule has 2 aromatic rings. The van der Waals surface area contributed by atoms with Gasteiger partial charge in [-0.2, -0.15) is 0 Å². The van der Waals surface area contributed by atoms with Crippen LogP contribution in [0.2, 0.25) is 0 Å². The van der Waals surface area contributed by atoms with Crippen molar-refractivity contribution in [3.63, 3.8) is 0 Å². The molecule has 0 radical (unpaired) electrons. The van der Waals surface area contributed by atoms with E-state index >= 15 is 0 Å². The summed E-state index contributed by atoms with van der Waals surface area (Å²) < 4.78 is 70.4. The van der Waals surface area contributed by atoms with Crippen LogP contribution < -0.4 is 10.1 Å². The summed E-state index contributed by atoms with van der Waals surface area (Å²) in [6.07, 6.45) is 0.427. The maximum Gasteiger partial charge on any atom is 0.417 e. The average Bonchev–Trinajstić information content (AvgIpc) is 2.56. The molecule has 122 valence electrons. The van der Waals surface area contributed by atoms with Gasteiger partial charge in [-0.1, -0.05) is 0 Å². The van der Waals surface area contributed by atoms with Crippen LogP contribution >= 0.6 is 11.8 Å². The Morgan fingerprint density at radius 2 is 1.39 bits per heavy atom. The molecule has 0 spiro atoms. The second-order valence-corrected chi connectivity index (χ2v) is 5.01. The zero-order chi connectivity index (χ0) is 17.1. The number of nitrogens with one attached hydrogen (secondary N) is 1. The number of amides is 1. The molecule has 0 aromatic heterocycles. The number of thioether (sulfide) groups is 1. The molecular weight excluding hydrogens is 341 g/mol. The van der Waals surface area contributed by atoms with Crippen LogP contribution in [0, 0.1) is 29.1 Å². The van der Waals surface area contributed by atoms with E-state index in [1.807, 2.05) is 6.26 Å². The number of hydrogen-bond donors (Lipinski definition) is 1. The first-order valence-corrected chi connectivity index (χ1v) is 7.22. The fourth-order valence-corrected chi connectivity index (χ4v) is 2.00. The average molecular weight is 349 g/mol. The lowest BCUT2D eigenvalue weighted by Crippen LogP contribution is -2.20. The number of benzene rings is 2. The van der Waals surface area contributed by atoms with Gasteiger partial charge >= 0.3 is 6.09 Å². The standard InChI is InChI=1S/C14H8F5NO2S/c1-23-7-4-2-6(3-5-7)22-14(21)20-13-11(18)9(16)8(15)10(17)12(13)19/h2-5H,1H3,(H,20,21). The van der Waals surface area contributed by atoms with Crippen molar-refractivity contribution in [1.82, 2.24) is 0 Å². The van der Waals surface area contributed by atoms with E-state index in [9.17, 15) is 26.7 Å². The van der Waals surface area contributed by atoms with Crippen molar-refractivity contribution in [2.45, 2.75) is 4.90 Å². The Morgan fingerprint density at radius 3 is 1.87 bits per heavy atom. The highest BCUT2D eigenvalue weighted by Gasteiger charge is 2.27. The predicted octanol–water partition coefficient (Wildman–Crippen LogP) is 4.71. The minimum atomic E-state index is -2.31. The van der Waals surface area contributed by atoms with Gasteiger partial charge in [0.25, 0.3) is 0 Å². The molecule has 1 amide bonds. The first-order chi connectivity index (χ1) is 10.8. The summed E-state index contributed by atoms with van der Waals surface area (Å²) in [6.45, 7) is 0. The highest BCUT2D eigenvalue weighted by Crippen LogP contribution is 2.27. The molecule has 0 heterocycles. The summed E-state index contributed by atoms with van der Waals surface area (Å²) in [6, 6.07) is 6.05. The number of halogens is 5. The van der Waals surface area contributed by atoms with E-state index in [0.717, 1.165) is 4.90 Å². The fraction of sp³-hybridized carbons (Fsp3) is 0.0714. The van der Waals surface area contributed by atoms with E-state index in [2.05, 4.69) is 0 Å². The van der Waals surface area contributed by atoms with Crippen LogP contribution in [0.5, 0.6) is 5.75 Å². The van der Waals surface area contributed by atoms with Crippen LogP contribution in [-0.2, 0) is 0 Å². The topological polar surface area (TPSA) is 38.3 Å². The summed E-state index contributed by atoms with van der Waals surface area (Å²) in [7, 11) is 0. The molecule has 0 aliphatic carbocycles. The van der Waals surface area contributed by atoms with Gasteiger partial charge in [0.15, 0.2) is 23.3 Å². The number of rotatable bonds is 3. The van der Waals surface area contributed by atoms with Crippen LogP contribution in [0.1, 0.15) is 0 Å². The van der Waals surface area contributed by atoms with Crippen LogP contribution in [0.3, 0.4) is 0 Å². The van der Waals surface area contributed by atoms with E-state index in [0.29, 0.717) is 0 Å². The van der Waals surface area contributed by atoms with E-state index in [1.54, 1.807) is 12.1 Å². The smallest absolute Gasteiger partial charge is 0.410 e. The third-order valence-corrected chi connectivity index (χ3v) is 3.45. The molecule has 1 N–H and O–H groups in total. The number of ether oxygens (including phenoxy) is 1. The Labute approximate surface area is 131 Å². The largest absolute Gasteiger partial charge is 0.417 e. The first kappa shape index (κ1) is 17.1. The molecular formula is C14H8F5NO2S. The van der Waals surface area contributed by atoms with E-state index < -0.39 is 40.9 Å². The summed E-state index contributed by atoms with van der Waals surface area (Å²) in [5.41, 5.74) is -1.48. The highest BCUT2D eigenvalue weighted by atomic mass is 32.2. The molecule has 0 saturated carbocycles. The molecule has 3 nitrogen and oxygen atoms in total. The fourth-order valence-electron chi connectivity index (χ4n) is 1.59. The maximum absolute atomic E-state index is 13.4. The van der Waals surface area contributed by atoms with E-state index in [-0.39, 0.29) is 5.75 Å². The second-order valence-electron chi connectivity index (χ2n) is 4.13. The SMILES string of the molecule is CSc1ccc(OC(=O)Nc2c(F)c(F)c(F)c(F)c2F)cc1. The Kier molecular flexibility index (Phi) is 5.09. The normalized spacial score (nSPS) is 10.5. The minimum absolute atomic E-state index is 0.0316. The minimum Gasteiger partial charge on any atom is -0.410 e. The van der Waals surface area contributed by atoms with Gasteiger partial charge in [0, 0.05) is 4.90 Å². The maximum atomic E-state index is 13.4. The molecule has 9 heteroatoms. The van der Waals surface area contributed by atoms with Crippen LogP contribution in [0.15, 0.2) is 29.2 Å². The summed E-state index contributed by atoms with van der Waals surface area (Å²) >= 11 is 1.43. The summed E-state index contributed by atoms with van der Waals surface area (Å²) in [5.74, 6) is -10.9. The van der Waals surface area contributed by atoms with Gasteiger partial charge in [0.05, 0.1) is 0 Å². The van der Waals surface area contributed by atoms with Gasteiger partial charge in [-0.3, -0.25) is 5.32 Å². The Morgan fingerprint density at radius 1 is 0.913 bits per heavy atom. The van der Waals surface area contributed by atoms with Crippen LogP contribution in [0.4, 0.5) is 32.4 Å². The molecule has 0 saturated heterocycles. The molecule has 0 aliphatic heterocycles. The van der Waals surface area contributed by atoms with E-state index in [1.165, 1.54) is 29.2 Å². The zero-order valence-electron chi connectivity index (χ0n) is 11.4. The molecule has 0 fully saturated rings. The molecule has 0 aliphatic rings. The van der Waals surface area contributed by atoms with Crippen molar-refractivity contribution in [2.75, 3.05) is 11.6 Å². The van der Waals surface area contributed by atoms with Crippen molar-refractivity contribution in [3.05, 3.63) is 53.4 Å².